The summed E-state index contributed by atoms with van der Waals surface area (Å²) in [5.74, 6) is -0.805. The SMILES string of the molecule is CC1CCCCN1C(=O)CN1CCN(C(=O)CC(F)(F)F)CC1. The summed E-state index contributed by atoms with van der Waals surface area (Å²) >= 11 is 0. The minimum Gasteiger partial charge on any atom is -0.340 e. The van der Waals surface area contributed by atoms with Crippen molar-refractivity contribution in [3.63, 3.8) is 0 Å². The molecule has 0 spiro atoms. The molecule has 5 nitrogen and oxygen atoms in total. The largest absolute Gasteiger partial charge is 0.397 e. The van der Waals surface area contributed by atoms with Gasteiger partial charge in [-0.1, -0.05) is 0 Å². The van der Waals surface area contributed by atoms with E-state index in [0.29, 0.717) is 13.1 Å². The van der Waals surface area contributed by atoms with Crippen molar-refractivity contribution in [1.29, 1.82) is 0 Å². The molecule has 0 aromatic heterocycles. The Hall–Kier alpha value is -1.31. The molecule has 2 fully saturated rings. The standard InChI is InChI=1S/C15H24F3N3O2/c1-12-4-2-3-5-21(12)14(23)11-19-6-8-20(9-7-19)13(22)10-15(16,17)18/h12H,2-11H2,1H3. The maximum atomic E-state index is 12.3. The zero-order chi connectivity index (χ0) is 17.0. The number of piperazine rings is 1. The number of hydrogen-bond donors (Lipinski definition) is 0. The monoisotopic (exact) mass is 335 g/mol. The molecule has 1 atom stereocenters. The molecular formula is C15H24F3N3O2. The van der Waals surface area contributed by atoms with Crippen LogP contribution < -0.4 is 0 Å². The number of likely N-dealkylation sites (tertiary alicyclic amines) is 1. The summed E-state index contributed by atoms with van der Waals surface area (Å²) in [6, 6.07) is 0.255. The van der Waals surface area contributed by atoms with E-state index in [9.17, 15) is 22.8 Å². The maximum Gasteiger partial charge on any atom is 0.397 e. The van der Waals surface area contributed by atoms with Gasteiger partial charge >= 0.3 is 6.18 Å². The fourth-order valence-corrected chi connectivity index (χ4v) is 3.19. The molecule has 132 valence electrons. The van der Waals surface area contributed by atoms with Crippen LogP contribution in [-0.4, -0.2) is 78.0 Å². The predicted octanol–water partition coefficient (Wildman–Crippen LogP) is 1.48. The first kappa shape index (κ1) is 18.0. The first-order valence-corrected chi connectivity index (χ1v) is 8.12. The average Bonchev–Trinajstić information content (AvgIpc) is 2.46. The van der Waals surface area contributed by atoms with Crippen LogP contribution in [0, 0.1) is 0 Å². The van der Waals surface area contributed by atoms with E-state index in [1.165, 1.54) is 4.90 Å². The molecule has 0 saturated carbocycles. The third-order valence-electron chi connectivity index (χ3n) is 4.56. The third-order valence-corrected chi connectivity index (χ3v) is 4.56. The number of carbonyl (C=O) groups excluding carboxylic acids is 2. The highest BCUT2D eigenvalue weighted by Crippen LogP contribution is 2.21. The molecule has 0 aromatic carbocycles. The lowest BCUT2D eigenvalue weighted by Gasteiger charge is -2.38. The first-order chi connectivity index (χ1) is 10.8. The molecule has 0 aliphatic carbocycles. The van der Waals surface area contributed by atoms with Crippen molar-refractivity contribution in [2.24, 2.45) is 0 Å². The van der Waals surface area contributed by atoms with Gasteiger partial charge in [0, 0.05) is 38.8 Å². The number of hydrogen-bond acceptors (Lipinski definition) is 3. The lowest BCUT2D eigenvalue weighted by molar-refractivity contribution is -0.162. The van der Waals surface area contributed by atoms with E-state index in [1.54, 1.807) is 0 Å². The highest BCUT2D eigenvalue weighted by atomic mass is 19.4. The van der Waals surface area contributed by atoms with Crippen LogP contribution in [0.3, 0.4) is 0 Å². The molecule has 0 N–H and O–H groups in total. The highest BCUT2D eigenvalue weighted by molar-refractivity contribution is 5.79. The second-order valence-electron chi connectivity index (χ2n) is 6.38. The number of alkyl halides is 3. The molecule has 2 saturated heterocycles. The van der Waals surface area contributed by atoms with Crippen LogP contribution in [0.2, 0.25) is 0 Å². The van der Waals surface area contributed by atoms with Crippen molar-refractivity contribution in [3.8, 4) is 0 Å². The molecular weight excluding hydrogens is 311 g/mol. The number of piperidine rings is 1. The van der Waals surface area contributed by atoms with Gasteiger partial charge in [-0.2, -0.15) is 13.2 Å². The number of carbonyl (C=O) groups is 2. The summed E-state index contributed by atoms with van der Waals surface area (Å²) < 4.78 is 36.7. The molecule has 1 unspecified atom stereocenters. The molecule has 2 heterocycles. The fourth-order valence-electron chi connectivity index (χ4n) is 3.19. The Balaban J connectivity index is 1.76. The normalized spacial score (nSPS) is 23.9. The van der Waals surface area contributed by atoms with Crippen molar-refractivity contribution in [1.82, 2.24) is 14.7 Å². The van der Waals surface area contributed by atoms with Gasteiger partial charge in [0.1, 0.15) is 6.42 Å². The van der Waals surface area contributed by atoms with Crippen LogP contribution >= 0.6 is 0 Å². The third kappa shape index (κ3) is 5.37. The van der Waals surface area contributed by atoms with Crippen molar-refractivity contribution in [2.45, 2.75) is 44.8 Å². The van der Waals surface area contributed by atoms with Gasteiger partial charge in [-0.3, -0.25) is 14.5 Å². The second kappa shape index (κ2) is 7.51. The lowest BCUT2D eigenvalue weighted by atomic mass is 10.0. The van der Waals surface area contributed by atoms with Gasteiger partial charge in [0.25, 0.3) is 0 Å². The smallest absolute Gasteiger partial charge is 0.340 e. The van der Waals surface area contributed by atoms with Gasteiger partial charge in [0.05, 0.1) is 6.54 Å². The van der Waals surface area contributed by atoms with Crippen molar-refractivity contribution in [2.75, 3.05) is 39.3 Å². The highest BCUT2D eigenvalue weighted by Gasteiger charge is 2.34. The zero-order valence-corrected chi connectivity index (χ0v) is 13.4. The Labute approximate surface area is 134 Å². The Morgan fingerprint density at radius 1 is 1.00 bits per heavy atom. The molecule has 23 heavy (non-hydrogen) atoms. The van der Waals surface area contributed by atoms with E-state index in [1.807, 2.05) is 16.7 Å². The van der Waals surface area contributed by atoms with Gasteiger partial charge in [0.15, 0.2) is 0 Å². The topological polar surface area (TPSA) is 43.9 Å². The van der Waals surface area contributed by atoms with E-state index >= 15 is 0 Å². The van der Waals surface area contributed by atoms with Gasteiger partial charge in [-0.15, -0.1) is 0 Å². The zero-order valence-electron chi connectivity index (χ0n) is 13.4. The predicted molar refractivity (Wildman–Crippen MR) is 78.7 cm³/mol. The first-order valence-electron chi connectivity index (χ1n) is 8.12. The van der Waals surface area contributed by atoms with Crippen LogP contribution in [0.1, 0.15) is 32.6 Å². The van der Waals surface area contributed by atoms with E-state index in [-0.39, 0.29) is 31.6 Å². The van der Waals surface area contributed by atoms with Crippen LogP contribution in [0.5, 0.6) is 0 Å². The molecule has 2 amide bonds. The minimum absolute atomic E-state index is 0.0762. The number of nitrogens with zero attached hydrogens (tertiary/aromatic N) is 3. The number of halogens is 3. The van der Waals surface area contributed by atoms with Gasteiger partial charge in [-0.25, -0.2) is 0 Å². The summed E-state index contributed by atoms with van der Waals surface area (Å²) in [5, 5.41) is 0. The van der Waals surface area contributed by atoms with Crippen molar-refractivity contribution < 1.29 is 22.8 Å². The van der Waals surface area contributed by atoms with Gasteiger partial charge in [-0.05, 0) is 26.2 Å². The molecule has 8 heteroatoms. The Morgan fingerprint density at radius 3 is 2.22 bits per heavy atom. The summed E-state index contributed by atoms with van der Waals surface area (Å²) in [7, 11) is 0. The van der Waals surface area contributed by atoms with Crippen LogP contribution in [0.4, 0.5) is 13.2 Å². The molecule has 0 bridgehead atoms. The second-order valence-corrected chi connectivity index (χ2v) is 6.38. The Bertz CT molecular complexity index is 434. The summed E-state index contributed by atoms with van der Waals surface area (Å²) in [5.41, 5.74) is 0. The number of amides is 2. The molecule has 2 aliphatic rings. The molecule has 2 aliphatic heterocycles. The number of rotatable bonds is 3. The van der Waals surface area contributed by atoms with E-state index in [2.05, 4.69) is 0 Å². The van der Waals surface area contributed by atoms with Crippen LogP contribution in [-0.2, 0) is 9.59 Å². The molecule has 0 radical (unpaired) electrons. The van der Waals surface area contributed by atoms with E-state index in [0.717, 1.165) is 25.8 Å². The Kier molecular flexibility index (Phi) is 5.89. The quantitative estimate of drug-likeness (QED) is 0.785. The van der Waals surface area contributed by atoms with E-state index in [4.69, 9.17) is 0 Å². The summed E-state index contributed by atoms with van der Waals surface area (Å²) in [6.07, 6.45) is -2.68. The fraction of sp³-hybridized carbons (Fsp3) is 0.867. The lowest BCUT2D eigenvalue weighted by Crippen LogP contribution is -2.53. The Morgan fingerprint density at radius 2 is 1.65 bits per heavy atom. The van der Waals surface area contributed by atoms with Crippen LogP contribution in [0.25, 0.3) is 0 Å². The van der Waals surface area contributed by atoms with Gasteiger partial charge in [0.2, 0.25) is 11.8 Å². The summed E-state index contributed by atoms with van der Waals surface area (Å²) in [4.78, 5) is 28.9. The maximum absolute atomic E-state index is 12.3. The van der Waals surface area contributed by atoms with Crippen LogP contribution in [0.15, 0.2) is 0 Å². The molecule has 2 rings (SSSR count). The van der Waals surface area contributed by atoms with Crippen molar-refractivity contribution >= 4 is 11.8 Å². The van der Waals surface area contributed by atoms with Crippen molar-refractivity contribution in [3.05, 3.63) is 0 Å². The van der Waals surface area contributed by atoms with Gasteiger partial charge < -0.3 is 9.80 Å². The molecule has 0 aromatic rings. The average molecular weight is 335 g/mol. The summed E-state index contributed by atoms with van der Waals surface area (Å²) in [6.45, 7) is 4.49. The van der Waals surface area contributed by atoms with E-state index < -0.39 is 18.5 Å². The minimum atomic E-state index is -4.46.